The van der Waals surface area contributed by atoms with Gasteiger partial charge in [0.05, 0.1) is 11.6 Å². The summed E-state index contributed by atoms with van der Waals surface area (Å²) >= 11 is 0. The van der Waals surface area contributed by atoms with Crippen LogP contribution in [0.15, 0.2) is 27.4 Å². The zero-order valence-electron chi connectivity index (χ0n) is 17.0. The van der Waals surface area contributed by atoms with Crippen molar-refractivity contribution in [3.05, 3.63) is 34.6 Å². The quantitative estimate of drug-likeness (QED) is 0.754. The highest BCUT2D eigenvalue weighted by atomic mass is 19.1. The molecule has 4 rings (SSSR count). The highest BCUT2D eigenvalue weighted by Gasteiger charge is 2.38. The van der Waals surface area contributed by atoms with Gasteiger partial charge in [-0.25, -0.2) is 9.18 Å². The molecule has 1 saturated heterocycles. The number of nitrogens with zero attached hydrogens (tertiary/aromatic N) is 2. The van der Waals surface area contributed by atoms with Gasteiger partial charge in [0.15, 0.2) is 5.58 Å². The van der Waals surface area contributed by atoms with Gasteiger partial charge in [0.2, 0.25) is 0 Å². The number of aromatic nitrogens is 1. The maximum absolute atomic E-state index is 13.7. The Labute approximate surface area is 165 Å². The van der Waals surface area contributed by atoms with Gasteiger partial charge in [-0.3, -0.25) is 9.47 Å². The Morgan fingerprint density at radius 3 is 2.61 bits per heavy atom. The average Bonchev–Trinajstić information content (AvgIpc) is 3.02. The number of likely N-dealkylation sites (tertiary alicyclic amines) is 1. The molecule has 0 unspecified atom stereocenters. The van der Waals surface area contributed by atoms with E-state index in [1.807, 2.05) is 0 Å². The fourth-order valence-electron chi connectivity index (χ4n) is 5.00. The van der Waals surface area contributed by atoms with E-state index in [1.165, 1.54) is 18.2 Å². The summed E-state index contributed by atoms with van der Waals surface area (Å²) in [5.41, 5.74) is 1.25. The first-order chi connectivity index (χ1) is 13.5. The van der Waals surface area contributed by atoms with Gasteiger partial charge in [0.25, 0.3) is 0 Å². The molecule has 1 aromatic carbocycles. The van der Waals surface area contributed by atoms with Crippen LogP contribution in [0.3, 0.4) is 0 Å². The molecular weight excluding hydrogens is 359 g/mol. The Hall–Kier alpha value is -1.66. The largest absolute Gasteiger partial charge is 0.420 e. The second-order valence-corrected chi connectivity index (χ2v) is 8.64. The van der Waals surface area contributed by atoms with E-state index in [4.69, 9.17) is 9.15 Å². The van der Waals surface area contributed by atoms with Gasteiger partial charge in [0, 0.05) is 37.3 Å². The summed E-state index contributed by atoms with van der Waals surface area (Å²) in [5, 5.41) is 0. The second-order valence-electron chi connectivity index (χ2n) is 8.64. The first-order valence-corrected chi connectivity index (χ1v) is 10.7. The van der Waals surface area contributed by atoms with Crippen molar-refractivity contribution in [2.75, 3.05) is 19.7 Å². The molecule has 0 bridgehead atoms. The second kappa shape index (κ2) is 7.99. The third-order valence-corrected chi connectivity index (χ3v) is 6.74. The van der Waals surface area contributed by atoms with Crippen molar-refractivity contribution >= 4 is 11.1 Å². The molecule has 28 heavy (non-hydrogen) atoms. The lowest BCUT2D eigenvalue weighted by molar-refractivity contribution is -0.0306. The average molecular weight is 390 g/mol. The Kier molecular flexibility index (Phi) is 5.61. The third-order valence-electron chi connectivity index (χ3n) is 6.74. The van der Waals surface area contributed by atoms with Gasteiger partial charge in [0.1, 0.15) is 5.82 Å². The number of ether oxygens (including phenoxy) is 1. The molecule has 2 fully saturated rings. The van der Waals surface area contributed by atoms with Crippen molar-refractivity contribution in [2.24, 2.45) is 0 Å². The first kappa shape index (κ1) is 19.6. The Bertz CT molecular complexity index is 858. The van der Waals surface area contributed by atoms with E-state index in [1.54, 1.807) is 4.57 Å². The molecule has 5 nitrogen and oxygen atoms in total. The summed E-state index contributed by atoms with van der Waals surface area (Å²) < 4.78 is 26.6. The summed E-state index contributed by atoms with van der Waals surface area (Å²) in [6, 6.07) is 4.35. The molecule has 2 aromatic rings. The molecule has 1 saturated carbocycles. The van der Waals surface area contributed by atoms with Crippen LogP contribution in [-0.4, -0.2) is 40.8 Å². The molecule has 2 heterocycles. The number of halogens is 1. The van der Waals surface area contributed by atoms with Crippen LogP contribution < -0.4 is 5.76 Å². The summed E-state index contributed by atoms with van der Waals surface area (Å²) in [5.74, 6) is -0.715. The summed E-state index contributed by atoms with van der Waals surface area (Å²) in [6.45, 7) is 7.30. The molecule has 1 aromatic heterocycles. The van der Waals surface area contributed by atoms with Crippen LogP contribution in [0.2, 0.25) is 0 Å². The van der Waals surface area contributed by atoms with E-state index < -0.39 is 0 Å². The summed E-state index contributed by atoms with van der Waals surface area (Å²) in [6.07, 6.45) is 7.83. The SMILES string of the molecule is CCCOC1CCC(C)(N2CCC(n3c(=O)oc4ccc(F)cc43)CC2)CC1. The van der Waals surface area contributed by atoms with Gasteiger partial charge < -0.3 is 9.15 Å². The predicted octanol–water partition coefficient (Wildman–Crippen LogP) is 4.50. The molecule has 0 atom stereocenters. The van der Waals surface area contributed by atoms with Crippen LogP contribution in [0.4, 0.5) is 4.39 Å². The molecule has 0 spiro atoms. The molecule has 154 valence electrons. The number of benzene rings is 1. The van der Waals surface area contributed by atoms with Gasteiger partial charge >= 0.3 is 5.76 Å². The minimum Gasteiger partial charge on any atom is -0.408 e. The van der Waals surface area contributed by atoms with Gasteiger partial charge in [-0.1, -0.05) is 6.92 Å². The van der Waals surface area contributed by atoms with Crippen LogP contribution in [0.5, 0.6) is 0 Å². The number of rotatable bonds is 5. The van der Waals surface area contributed by atoms with Crippen molar-refractivity contribution in [1.29, 1.82) is 0 Å². The number of oxazole rings is 1. The Morgan fingerprint density at radius 1 is 1.21 bits per heavy atom. The highest BCUT2D eigenvalue weighted by Crippen LogP contribution is 2.38. The van der Waals surface area contributed by atoms with Crippen LogP contribution in [0.25, 0.3) is 11.1 Å². The van der Waals surface area contributed by atoms with Crippen LogP contribution in [-0.2, 0) is 4.74 Å². The third kappa shape index (κ3) is 3.77. The van der Waals surface area contributed by atoms with E-state index >= 15 is 0 Å². The molecular formula is C22H31FN2O3. The lowest BCUT2D eigenvalue weighted by Crippen LogP contribution is -2.53. The molecule has 6 heteroatoms. The van der Waals surface area contributed by atoms with Crippen molar-refractivity contribution in [3.8, 4) is 0 Å². The fourth-order valence-corrected chi connectivity index (χ4v) is 5.00. The fraction of sp³-hybridized carbons (Fsp3) is 0.682. The van der Waals surface area contributed by atoms with Crippen LogP contribution in [0, 0.1) is 5.82 Å². The topological polar surface area (TPSA) is 47.6 Å². The molecule has 0 radical (unpaired) electrons. The molecule has 2 aliphatic rings. The minimum absolute atomic E-state index is 0.0691. The van der Waals surface area contributed by atoms with E-state index in [-0.39, 0.29) is 23.2 Å². The summed E-state index contributed by atoms with van der Waals surface area (Å²) in [7, 11) is 0. The van der Waals surface area contributed by atoms with Gasteiger partial charge in [-0.05, 0) is 64.0 Å². The van der Waals surface area contributed by atoms with E-state index in [0.29, 0.717) is 17.2 Å². The zero-order chi connectivity index (χ0) is 19.7. The van der Waals surface area contributed by atoms with E-state index in [2.05, 4.69) is 18.7 Å². The molecule has 1 aliphatic heterocycles. The van der Waals surface area contributed by atoms with Gasteiger partial charge in [-0.2, -0.15) is 0 Å². The van der Waals surface area contributed by atoms with Crippen molar-refractivity contribution < 1.29 is 13.5 Å². The number of hydrogen-bond acceptors (Lipinski definition) is 4. The standard InChI is InChI=1S/C22H31FN2O3/c1-3-14-27-18-6-10-22(2,11-7-18)24-12-8-17(9-13-24)25-19-15-16(23)4-5-20(19)28-21(25)26/h4-5,15,17-18H,3,6-14H2,1-2H3. The minimum atomic E-state index is -0.376. The van der Waals surface area contributed by atoms with Crippen LogP contribution >= 0.6 is 0 Å². The van der Waals surface area contributed by atoms with E-state index in [9.17, 15) is 9.18 Å². The van der Waals surface area contributed by atoms with Crippen molar-refractivity contribution in [1.82, 2.24) is 9.47 Å². The smallest absolute Gasteiger partial charge is 0.408 e. The van der Waals surface area contributed by atoms with E-state index in [0.717, 1.165) is 64.6 Å². The van der Waals surface area contributed by atoms with Crippen LogP contribution in [0.1, 0.15) is 64.8 Å². The lowest BCUT2D eigenvalue weighted by atomic mass is 9.79. The first-order valence-electron chi connectivity index (χ1n) is 10.7. The molecule has 1 aliphatic carbocycles. The lowest BCUT2D eigenvalue weighted by Gasteiger charge is -2.48. The highest BCUT2D eigenvalue weighted by molar-refractivity contribution is 5.73. The number of fused-ring (bicyclic) bond motifs is 1. The Morgan fingerprint density at radius 2 is 1.93 bits per heavy atom. The molecule has 0 amide bonds. The van der Waals surface area contributed by atoms with Crippen molar-refractivity contribution in [2.45, 2.75) is 76.5 Å². The predicted molar refractivity (Wildman–Crippen MR) is 107 cm³/mol. The molecule has 0 N–H and O–H groups in total. The monoisotopic (exact) mass is 390 g/mol. The summed E-state index contributed by atoms with van der Waals surface area (Å²) in [4.78, 5) is 15.0. The van der Waals surface area contributed by atoms with Gasteiger partial charge in [-0.15, -0.1) is 0 Å². The normalized spacial score (nSPS) is 27.5. The number of piperidine rings is 1. The maximum Gasteiger partial charge on any atom is 0.420 e. The zero-order valence-corrected chi connectivity index (χ0v) is 17.0. The Balaban J connectivity index is 1.41. The van der Waals surface area contributed by atoms with Crippen molar-refractivity contribution in [3.63, 3.8) is 0 Å². The maximum atomic E-state index is 13.7. The number of hydrogen-bond donors (Lipinski definition) is 0.